The molecule has 0 atom stereocenters. The van der Waals surface area contributed by atoms with Crippen molar-refractivity contribution in [1.82, 2.24) is 19.5 Å². The lowest BCUT2D eigenvalue weighted by Crippen LogP contribution is -2.14. The lowest BCUT2D eigenvalue weighted by Gasteiger charge is -2.21. The van der Waals surface area contributed by atoms with Crippen molar-refractivity contribution in [2.45, 2.75) is 19.3 Å². The molecular formula is C44H28N4S. The van der Waals surface area contributed by atoms with Crippen molar-refractivity contribution in [3.63, 3.8) is 0 Å². The van der Waals surface area contributed by atoms with E-state index in [0.717, 1.165) is 38.7 Å². The Kier molecular flexibility index (Phi) is 5.30. The van der Waals surface area contributed by atoms with Gasteiger partial charge < -0.3 is 0 Å². The number of thiophene rings is 1. The van der Waals surface area contributed by atoms with Crippen molar-refractivity contribution in [1.29, 1.82) is 0 Å². The second-order valence-corrected chi connectivity index (χ2v) is 14.6. The smallest absolute Gasteiger partial charge is 0.235 e. The molecule has 0 saturated heterocycles. The molecule has 0 amide bonds. The van der Waals surface area contributed by atoms with Gasteiger partial charge in [0.2, 0.25) is 5.95 Å². The Hall–Kier alpha value is -5.91. The predicted octanol–water partition coefficient (Wildman–Crippen LogP) is 11.6. The van der Waals surface area contributed by atoms with Crippen LogP contribution in [0.25, 0.3) is 92.1 Å². The number of rotatable bonds is 2. The first-order valence-corrected chi connectivity index (χ1v) is 17.5. The minimum absolute atomic E-state index is 0.109. The SMILES string of the molecule is CC1(C)c2ccccc2-c2c(-c3nc(-n4c5ccccc5c5c6ccccc6c6c7ncccc7sc6c54)nc4ccccc34)cccc21. The Morgan fingerprint density at radius 2 is 1.29 bits per heavy atom. The van der Waals surface area contributed by atoms with Crippen molar-refractivity contribution in [3.05, 3.63) is 145 Å². The summed E-state index contributed by atoms with van der Waals surface area (Å²) < 4.78 is 4.69. The number of hydrogen-bond donors (Lipinski definition) is 0. The molecule has 0 saturated carbocycles. The molecule has 5 heteroatoms. The van der Waals surface area contributed by atoms with Gasteiger partial charge in [0.15, 0.2) is 0 Å². The van der Waals surface area contributed by atoms with Crippen LogP contribution in [0.4, 0.5) is 0 Å². The molecule has 0 unspecified atom stereocenters. The summed E-state index contributed by atoms with van der Waals surface area (Å²) in [6.07, 6.45) is 1.90. The van der Waals surface area contributed by atoms with Crippen LogP contribution in [-0.4, -0.2) is 19.5 Å². The molecule has 230 valence electrons. The van der Waals surface area contributed by atoms with Crippen molar-refractivity contribution in [2.75, 3.05) is 0 Å². The van der Waals surface area contributed by atoms with Gasteiger partial charge in [-0.1, -0.05) is 117 Å². The molecule has 0 bridgehead atoms. The van der Waals surface area contributed by atoms with E-state index in [-0.39, 0.29) is 5.41 Å². The number of fused-ring (bicyclic) bond motifs is 14. The maximum Gasteiger partial charge on any atom is 0.235 e. The molecule has 1 aliphatic rings. The van der Waals surface area contributed by atoms with Crippen molar-refractivity contribution in [3.8, 4) is 28.3 Å². The van der Waals surface area contributed by atoms with Gasteiger partial charge >= 0.3 is 0 Å². The summed E-state index contributed by atoms with van der Waals surface area (Å²) in [7, 11) is 0. The van der Waals surface area contributed by atoms with Crippen molar-refractivity contribution in [2.24, 2.45) is 0 Å². The quantitative estimate of drug-likeness (QED) is 0.188. The lowest BCUT2D eigenvalue weighted by atomic mass is 9.82. The molecule has 10 aromatic rings. The summed E-state index contributed by atoms with van der Waals surface area (Å²) in [5.41, 5.74) is 11.4. The second-order valence-electron chi connectivity index (χ2n) is 13.6. The van der Waals surface area contributed by atoms with Gasteiger partial charge in [0, 0.05) is 38.7 Å². The zero-order valence-corrected chi connectivity index (χ0v) is 27.7. The molecule has 6 aromatic carbocycles. The minimum Gasteiger partial charge on any atom is -0.276 e. The van der Waals surface area contributed by atoms with Gasteiger partial charge in [0.05, 0.1) is 37.2 Å². The Morgan fingerprint density at radius 3 is 2.16 bits per heavy atom. The van der Waals surface area contributed by atoms with E-state index in [2.05, 4.69) is 140 Å². The minimum atomic E-state index is -0.109. The summed E-state index contributed by atoms with van der Waals surface area (Å²) in [6.45, 7) is 4.66. The van der Waals surface area contributed by atoms with E-state index < -0.39 is 0 Å². The van der Waals surface area contributed by atoms with Gasteiger partial charge in [-0.3, -0.25) is 9.55 Å². The fraction of sp³-hybridized carbons (Fsp3) is 0.0682. The third-order valence-corrected chi connectivity index (χ3v) is 11.8. The summed E-state index contributed by atoms with van der Waals surface area (Å²) in [5.74, 6) is 0.671. The summed E-state index contributed by atoms with van der Waals surface area (Å²) in [5, 5.41) is 7.08. The first-order valence-electron chi connectivity index (χ1n) is 16.7. The number of hydrogen-bond acceptors (Lipinski definition) is 4. The molecule has 11 rings (SSSR count). The van der Waals surface area contributed by atoms with E-state index >= 15 is 0 Å². The zero-order chi connectivity index (χ0) is 32.4. The molecule has 0 aliphatic heterocycles. The van der Waals surface area contributed by atoms with Gasteiger partial charge in [-0.25, -0.2) is 9.97 Å². The Morgan fingerprint density at radius 1 is 0.592 bits per heavy atom. The summed E-state index contributed by atoms with van der Waals surface area (Å²) in [4.78, 5) is 15.9. The van der Waals surface area contributed by atoms with Crippen LogP contribution < -0.4 is 0 Å². The molecular weight excluding hydrogens is 617 g/mol. The highest BCUT2D eigenvalue weighted by Gasteiger charge is 2.37. The molecule has 0 radical (unpaired) electrons. The third-order valence-electron chi connectivity index (χ3n) is 10.7. The predicted molar refractivity (Wildman–Crippen MR) is 205 cm³/mol. The highest BCUT2D eigenvalue weighted by atomic mass is 32.1. The maximum absolute atomic E-state index is 5.59. The van der Waals surface area contributed by atoms with E-state index in [1.54, 1.807) is 11.3 Å². The van der Waals surface area contributed by atoms with Gasteiger partial charge in [-0.2, -0.15) is 0 Å². The number of aromatic nitrogens is 4. The second kappa shape index (κ2) is 9.59. The molecule has 0 spiro atoms. The average Bonchev–Trinajstić information content (AvgIpc) is 3.78. The molecule has 1 aliphatic carbocycles. The summed E-state index contributed by atoms with van der Waals surface area (Å²) >= 11 is 1.80. The average molecular weight is 645 g/mol. The van der Waals surface area contributed by atoms with Crippen molar-refractivity contribution < 1.29 is 0 Å². The standard InChI is InChI=1S/C44H28N4S/c1-44(2)31-19-8-5-15-27(31)36-30(18-11-20-32(36)44)39-28-16-6-9-21-33(28)46-43(47-39)48-34-22-10-7-17-29(34)37-25-13-3-4-14-26(25)38-40-35(23-12-24-45-40)49-42(38)41(37)48/h3-24H,1-2H3. The van der Waals surface area contributed by atoms with E-state index in [0.29, 0.717) is 5.95 Å². The van der Waals surface area contributed by atoms with Crippen LogP contribution in [0.15, 0.2) is 134 Å². The fourth-order valence-electron chi connectivity index (χ4n) is 8.52. The van der Waals surface area contributed by atoms with Crippen LogP contribution in [0.2, 0.25) is 0 Å². The van der Waals surface area contributed by atoms with Crippen LogP contribution in [-0.2, 0) is 5.41 Å². The molecule has 0 fully saturated rings. The Labute approximate surface area is 286 Å². The first-order chi connectivity index (χ1) is 24.1. The lowest BCUT2D eigenvalue weighted by molar-refractivity contribution is 0.660. The highest BCUT2D eigenvalue weighted by Crippen LogP contribution is 2.53. The molecule has 4 aromatic heterocycles. The van der Waals surface area contributed by atoms with E-state index in [1.807, 2.05) is 12.3 Å². The molecule has 4 heterocycles. The van der Waals surface area contributed by atoms with Crippen LogP contribution in [0.5, 0.6) is 0 Å². The molecule has 49 heavy (non-hydrogen) atoms. The highest BCUT2D eigenvalue weighted by molar-refractivity contribution is 7.26. The number of benzene rings is 6. The van der Waals surface area contributed by atoms with Crippen molar-refractivity contribution >= 4 is 75.1 Å². The monoisotopic (exact) mass is 644 g/mol. The fourth-order valence-corrected chi connectivity index (χ4v) is 9.74. The molecule has 0 N–H and O–H groups in total. The maximum atomic E-state index is 5.59. The first kappa shape index (κ1) is 27.1. The summed E-state index contributed by atoms with van der Waals surface area (Å²) in [6, 6.07) is 45.7. The largest absolute Gasteiger partial charge is 0.276 e. The zero-order valence-electron chi connectivity index (χ0n) is 26.9. The van der Waals surface area contributed by atoms with Crippen LogP contribution >= 0.6 is 11.3 Å². The number of pyridine rings is 1. The number of para-hydroxylation sites is 2. The topological polar surface area (TPSA) is 43.6 Å². The van der Waals surface area contributed by atoms with Crippen LogP contribution in [0.3, 0.4) is 0 Å². The van der Waals surface area contributed by atoms with E-state index in [1.165, 1.54) is 58.6 Å². The Bertz CT molecular complexity index is 3040. The van der Waals surface area contributed by atoms with E-state index in [4.69, 9.17) is 15.0 Å². The molecule has 4 nitrogen and oxygen atoms in total. The van der Waals surface area contributed by atoms with Crippen LogP contribution in [0, 0.1) is 0 Å². The normalized spacial score (nSPS) is 13.7. The van der Waals surface area contributed by atoms with Gasteiger partial charge in [-0.15, -0.1) is 11.3 Å². The van der Waals surface area contributed by atoms with Gasteiger partial charge in [-0.05, 0) is 57.3 Å². The Balaban J connectivity index is 1.32. The van der Waals surface area contributed by atoms with Crippen LogP contribution in [0.1, 0.15) is 25.0 Å². The van der Waals surface area contributed by atoms with Gasteiger partial charge in [0.25, 0.3) is 0 Å². The van der Waals surface area contributed by atoms with E-state index in [9.17, 15) is 0 Å². The van der Waals surface area contributed by atoms with Gasteiger partial charge in [0.1, 0.15) is 0 Å². The third kappa shape index (κ3) is 3.50. The number of nitrogens with zero attached hydrogens (tertiary/aromatic N) is 4.